The lowest BCUT2D eigenvalue weighted by atomic mass is 10.0. The lowest BCUT2D eigenvalue weighted by Gasteiger charge is -2.23. The predicted octanol–water partition coefficient (Wildman–Crippen LogP) is 4.40. The van der Waals surface area contributed by atoms with Crippen LogP contribution < -0.4 is 4.74 Å². The molecule has 3 amide bonds. The van der Waals surface area contributed by atoms with Crippen molar-refractivity contribution < 1.29 is 23.5 Å². The minimum atomic E-state index is -0.752. The number of carbonyl (C=O) groups is 2. The van der Waals surface area contributed by atoms with E-state index in [4.69, 9.17) is 9.47 Å². The van der Waals surface area contributed by atoms with Gasteiger partial charge >= 0.3 is 6.03 Å². The van der Waals surface area contributed by atoms with Crippen LogP contribution in [0.15, 0.2) is 72.8 Å². The van der Waals surface area contributed by atoms with Gasteiger partial charge in [0.25, 0.3) is 5.91 Å². The molecule has 0 spiro atoms. The molecular formula is C25H21FN2O4. The van der Waals surface area contributed by atoms with E-state index in [1.165, 1.54) is 17.0 Å². The summed E-state index contributed by atoms with van der Waals surface area (Å²) in [7, 11) is 0. The Labute approximate surface area is 184 Å². The molecule has 5 rings (SSSR count). The number of hydrogen-bond donors (Lipinski definition) is 0. The molecule has 0 aromatic heterocycles. The molecule has 3 aromatic carbocycles. The van der Waals surface area contributed by atoms with Gasteiger partial charge in [0.15, 0.2) is 6.79 Å². The Kier molecular flexibility index (Phi) is 5.33. The van der Waals surface area contributed by atoms with Gasteiger partial charge in [0.05, 0.1) is 13.2 Å². The van der Waals surface area contributed by atoms with Gasteiger partial charge < -0.3 is 14.4 Å². The molecule has 0 radical (unpaired) electrons. The van der Waals surface area contributed by atoms with Crippen LogP contribution in [0.3, 0.4) is 0 Å². The van der Waals surface area contributed by atoms with Crippen LogP contribution in [0.25, 0.3) is 0 Å². The molecule has 1 atom stereocenters. The fourth-order valence-electron chi connectivity index (χ4n) is 4.23. The number of hydrogen-bond acceptors (Lipinski definition) is 4. The van der Waals surface area contributed by atoms with Gasteiger partial charge in [-0.3, -0.25) is 9.69 Å². The van der Waals surface area contributed by atoms with Crippen LogP contribution in [0.4, 0.5) is 9.18 Å². The molecule has 6 nitrogen and oxygen atoms in total. The van der Waals surface area contributed by atoms with E-state index in [1.54, 1.807) is 4.90 Å². The molecule has 1 fully saturated rings. The Morgan fingerprint density at radius 2 is 1.66 bits per heavy atom. The second-order valence-electron chi connectivity index (χ2n) is 7.80. The SMILES string of the molecule is O=C1C(c2ccccc2)N(Cc2ccccc2)C(=O)N1Cc1cc(F)cc2c1OCOC2. The number of imide groups is 1. The fourth-order valence-corrected chi connectivity index (χ4v) is 4.23. The topological polar surface area (TPSA) is 59.1 Å². The quantitative estimate of drug-likeness (QED) is 0.561. The number of urea groups is 1. The van der Waals surface area contributed by atoms with Crippen LogP contribution in [0.1, 0.15) is 28.3 Å². The molecule has 2 aliphatic rings. The molecule has 1 unspecified atom stereocenters. The largest absolute Gasteiger partial charge is 0.467 e. The first kappa shape index (κ1) is 20.2. The highest BCUT2D eigenvalue weighted by Crippen LogP contribution is 2.36. The first-order valence-electron chi connectivity index (χ1n) is 10.3. The fraction of sp³-hybridized carbons (Fsp3) is 0.200. The number of amides is 3. The summed E-state index contributed by atoms with van der Waals surface area (Å²) >= 11 is 0. The maximum Gasteiger partial charge on any atom is 0.328 e. The van der Waals surface area contributed by atoms with Crippen molar-refractivity contribution in [3.8, 4) is 5.75 Å². The highest BCUT2D eigenvalue weighted by Gasteiger charge is 2.46. The van der Waals surface area contributed by atoms with Crippen molar-refractivity contribution in [2.45, 2.75) is 25.7 Å². The summed E-state index contributed by atoms with van der Waals surface area (Å²) in [4.78, 5) is 29.6. The van der Waals surface area contributed by atoms with E-state index in [1.807, 2.05) is 60.7 Å². The Morgan fingerprint density at radius 1 is 0.938 bits per heavy atom. The number of benzene rings is 3. The molecule has 0 bridgehead atoms. The van der Waals surface area contributed by atoms with Crippen molar-refractivity contribution in [3.63, 3.8) is 0 Å². The molecule has 0 saturated carbocycles. The monoisotopic (exact) mass is 432 g/mol. The molecule has 2 heterocycles. The normalized spacial score (nSPS) is 18.0. The second kappa shape index (κ2) is 8.43. The highest BCUT2D eigenvalue weighted by molar-refractivity contribution is 6.04. The van der Waals surface area contributed by atoms with Crippen molar-refractivity contribution in [3.05, 3.63) is 101 Å². The molecule has 162 valence electrons. The molecule has 7 heteroatoms. The van der Waals surface area contributed by atoms with Crippen LogP contribution >= 0.6 is 0 Å². The van der Waals surface area contributed by atoms with E-state index >= 15 is 0 Å². The molecule has 3 aromatic rings. The van der Waals surface area contributed by atoms with Crippen LogP contribution in [0.5, 0.6) is 5.75 Å². The van der Waals surface area contributed by atoms with E-state index < -0.39 is 17.9 Å². The summed E-state index contributed by atoms with van der Waals surface area (Å²) in [6, 6.07) is 20.2. The molecule has 1 saturated heterocycles. The van der Waals surface area contributed by atoms with Crippen LogP contribution in [-0.2, 0) is 29.2 Å². The van der Waals surface area contributed by atoms with Crippen LogP contribution in [0, 0.1) is 5.82 Å². The summed E-state index contributed by atoms with van der Waals surface area (Å²) in [5, 5.41) is 0. The average molecular weight is 432 g/mol. The van der Waals surface area contributed by atoms with Crippen LogP contribution in [-0.4, -0.2) is 28.5 Å². The van der Waals surface area contributed by atoms with Gasteiger partial charge in [-0.15, -0.1) is 0 Å². The maximum atomic E-state index is 14.2. The summed E-state index contributed by atoms with van der Waals surface area (Å²) in [5.74, 6) is -0.342. The van der Waals surface area contributed by atoms with Gasteiger partial charge in [-0.25, -0.2) is 9.18 Å². The molecular weight excluding hydrogens is 411 g/mol. The average Bonchev–Trinajstić information content (AvgIpc) is 3.04. The third-order valence-electron chi connectivity index (χ3n) is 5.68. The first-order valence-corrected chi connectivity index (χ1v) is 10.3. The third-order valence-corrected chi connectivity index (χ3v) is 5.68. The van der Waals surface area contributed by atoms with E-state index in [9.17, 15) is 14.0 Å². The van der Waals surface area contributed by atoms with Gasteiger partial charge in [-0.2, -0.15) is 0 Å². The van der Waals surface area contributed by atoms with Crippen molar-refractivity contribution in [2.75, 3.05) is 6.79 Å². The number of rotatable bonds is 5. The minimum absolute atomic E-state index is 0.0420. The first-order chi connectivity index (χ1) is 15.6. The number of carbonyl (C=O) groups excluding carboxylic acids is 2. The lowest BCUT2D eigenvalue weighted by molar-refractivity contribution is -0.129. The van der Waals surface area contributed by atoms with Gasteiger partial charge in [-0.1, -0.05) is 60.7 Å². The Balaban J connectivity index is 1.50. The molecule has 0 N–H and O–H groups in total. The Bertz CT molecular complexity index is 1150. The maximum absolute atomic E-state index is 14.2. The molecule has 2 aliphatic heterocycles. The lowest BCUT2D eigenvalue weighted by Crippen LogP contribution is -2.33. The molecule has 0 aliphatic carbocycles. The summed E-state index contributed by atoms with van der Waals surface area (Å²) in [6.45, 7) is 0.467. The van der Waals surface area contributed by atoms with Crippen molar-refractivity contribution in [2.24, 2.45) is 0 Å². The Hall–Kier alpha value is -3.71. The van der Waals surface area contributed by atoms with E-state index in [0.717, 1.165) is 11.1 Å². The third kappa shape index (κ3) is 3.71. The van der Waals surface area contributed by atoms with Gasteiger partial charge in [0.2, 0.25) is 0 Å². The van der Waals surface area contributed by atoms with Crippen molar-refractivity contribution >= 4 is 11.9 Å². The number of nitrogens with zero attached hydrogens (tertiary/aromatic N) is 2. The van der Waals surface area contributed by atoms with Crippen molar-refractivity contribution in [1.29, 1.82) is 0 Å². The smallest absolute Gasteiger partial charge is 0.328 e. The van der Waals surface area contributed by atoms with E-state index in [2.05, 4.69) is 0 Å². The number of fused-ring (bicyclic) bond motifs is 1. The van der Waals surface area contributed by atoms with E-state index in [0.29, 0.717) is 16.9 Å². The summed E-state index contributed by atoms with van der Waals surface area (Å²) < 4.78 is 25.0. The standard InChI is InChI=1S/C25H21FN2O4/c26-21-11-19(23-20(12-21)15-31-16-32-23)14-28-24(29)22(18-9-5-2-6-10-18)27(25(28)30)13-17-7-3-1-4-8-17/h1-12,22H,13-16H2. The second-order valence-corrected chi connectivity index (χ2v) is 7.80. The van der Waals surface area contributed by atoms with Crippen LogP contribution in [0.2, 0.25) is 0 Å². The minimum Gasteiger partial charge on any atom is -0.467 e. The zero-order valence-electron chi connectivity index (χ0n) is 17.2. The van der Waals surface area contributed by atoms with E-state index in [-0.39, 0.29) is 32.4 Å². The van der Waals surface area contributed by atoms with Gasteiger partial charge in [0, 0.05) is 17.7 Å². The predicted molar refractivity (Wildman–Crippen MR) is 114 cm³/mol. The highest BCUT2D eigenvalue weighted by atomic mass is 19.1. The Morgan fingerprint density at radius 3 is 2.41 bits per heavy atom. The number of halogens is 1. The van der Waals surface area contributed by atoms with Gasteiger partial charge in [-0.05, 0) is 23.3 Å². The summed E-state index contributed by atoms with van der Waals surface area (Å²) in [5.41, 5.74) is 2.65. The molecule has 32 heavy (non-hydrogen) atoms. The zero-order chi connectivity index (χ0) is 22.1. The van der Waals surface area contributed by atoms with Crippen molar-refractivity contribution in [1.82, 2.24) is 9.80 Å². The summed E-state index contributed by atoms with van der Waals surface area (Å²) in [6.07, 6.45) is 0. The number of ether oxygens (including phenoxy) is 2. The zero-order valence-corrected chi connectivity index (χ0v) is 17.2. The van der Waals surface area contributed by atoms with Gasteiger partial charge in [0.1, 0.15) is 17.6 Å².